The number of aromatic amines is 2. The smallest absolute Gasteiger partial charge is 0.272 e. The molecule has 0 aliphatic heterocycles. The molecule has 6 nitrogen and oxygen atoms in total. The van der Waals surface area contributed by atoms with Crippen LogP contribution in [0.15, 0.2) is 43.7 Å². The Bertz CT molecular complexity index is 957. The predicted molar refractivity (Wildman–Crippen MR) is 85.2 cm³/mol. The lowest BCUT2D eigenvalue weighted by atomic mass is 10.1. The summed E-state index contributed by atoms with van der Waals surface area (Å²) in [5.41, 5.74) is -0.589. The molecule has 21 heavy (non-hydrogen) atoms. The maximum absolute atomic E-state index is 12.2. The van der Waals surface area contributed by atoms with Gasteiger partial charge in [0.2, 0.25) is 0 Å². The molecule has 0 bridgehead atoms. The number of fused-ring (bicyclic) bond motifs is 1. The number of amides is 1. The van der Waals surface area contributed by atoms with E-state index >= 15 is 0 Å². The topological polar surface area (TPSA) is 94.8 Å². The first-order valence-corrected chi connectivity index (χ1v) is 7.53. The second-order valence-electron chi connectivity index (χ2n) is 4.19. The number of carbonyl (C=O) groups excluding carboxylic acids is 1. The lowest BCUT2D eigenvalue weighted by Gasteiger charge is -2.07. The van der Waals surface area contributed by atoms with E-state index in [9.17, 15) is 14.4 Å². The number of benzene rings is 1. The zero-order chi connectivity index (χ0) is 15.0. The third kappa shape index (κ3) is 2.43. The van der Waals surface area contributed by atoms with Crippen molar-refractivity contribution in [2.75, 3.05) is 5.32 Å². The molecular formula is C13H8BrN3O3S. The fourth-order valence-electron chi connectivity index (χ4n) is 1.97. The zero-order valence-corrected chi connectivity index (χ0v) is 12.8. The summed E-state index contributed by atoms with van der Waals surface area (Å²) in [4.78, 5) is 36.3. The van der Waals surface area contributed by atoms with Crippen LogP contribution in [-0.2, 0) is 0 Å². The second-order valence-corrected chi connectivity index (χ2v) is 5.96. The maximum atomic E-state index is 12.2. The van der Waals surface area contributed by atoms with Crippen LogP contribution in [0.2, 0.25) is 0 Å². The number of carbonyl (C=O) groups is 1. The Balaban J connectivity index is 2.12. The van der Waals surface area contributed by atoms with Crippen molar-refractivity contribution in [2.24, 2.45) is 0 Å². The van der Waals surface area contributed by atoms with Gasteiger partial charge >= 0.3 is 0 Å². The summed E-state index contributed by atoms with van der Waals surface area (Å²) in [5, 5.41) is 9.32. The lowest BCUT2D eigenvalue weighted by Crippen LogP contribution is -2.21. The van der Waals surface area contributed by atoms with Crippen molar-refractivity contribution in [1.29, 1.82) is 0 Å². The minimum atomic E-state index is -0.467. The van der Waals surface area contributed by atoms with Crippen LogP contribution in [0.1, 0.15) is 9.67 Å². The number of H-pyrrole nitrogens is 2. The van der Waals surface area contributed by atoms with E-state index in [1.165, 1.54) is 17.4 Å². The molecule has 3 aromatic rings. The normalized spacial score (nSPS) is 10.7. The first kappa shape index (κ1) is 13.8. The highest BCUT2D eigenvalue weighted by Crippen LogP contribution is 2.25. The largest absolute Gasteiger partial charge is 0.320 e. The molecule has 0 saturated carbocycles. The van der Waals surface area contributed by atoms with E-state index in [1.807, 2.05) is 0 Å². The van der Waals surface area contributed by atoms with E-state index in [2.05, 4.69) is 31.4 Å². The Hall–Kier alpha value is -2.19. The van der Waals surface area contributed by atoms with E-state index in [0.29, 0.717) is 15.0 Å². The number of rotatable bonds is 2. The van der Waals surface area contributed by atoms with Crippen LogP contribution in [0, 0.1) is 0 Å². The van der Waals surface area contributed by atoms with Crippen molar-refractivity contribution in [3.05, 3.63) is 59.7 Å². The molecule has 2 heterocycles. The van der Waals surface area contributed by atoms with Gasteiger partial charge in [-0.15, -0.1) is 11.3 Å². The zero-order valence-electron chi connectivity index (χ0n) is 10.4. The van der Waals surface area contributed by atoms with Crippen molar-refractivity contribution < 1.29 is 4.79 Å². The van der Waals surface area contributed by atoms with Gasteiger partial charge in [0.05, 0.1) is 16.5 Å². The molecule has 2 aromatic heterocycles. The van der Waals surface area contributed by atoms with Gasteiger partial charge in [0.15, 0.2) is 0 Å². The van der Waals surface area contributed by atoms with E-state index < -0.39 is 11.1 Å². The van der Waals surface area contributed by atoms with Crippen LogP contribution in [0.4, 0.5) is 5.69 Å². The SMILES string of the molecule is O=C(Nc1cccc2c(=O)[nH][nH]c(=O)c12)c1sccc1Br. The minimum absolute atomic E-state index is 0.155. The molecule has 3 N–H and O–H groups in total. The third-order valence-electron chi connectivity index (χ3n) is 2.90. The third-order valence-corrected chi connectivity index (χ3v) is 4.73. The van der Waals surface area contributed by atoms with Crippen molar-refractivity contribution in [3.63, 3.8) is 0 Å². The van der Waals surface area contributed by atoms with Crippen molar-refractivity contribution in [2.45, 2.75) is 0 Å². The molecule has 0 aliphatic carbocycles. The molecular weight excluding hydrogens is 358 g/mol. The average molecular weight is 366 g/mol. The summed E-state index contributed by atoms with van der Waals surface area (Å²) >= 11 is 4.56. The number of hydrogen-bond donors (Lipinski definition) is 3. The second kappa shape index (κ2) is 5.30. The first-order chi connectivity index (χ1) is 10.1. The Kier molecular flexibility index (Phi) is 3.48. The van der Waals surface area contributed by atoms with Gasteiger partial charge in [-0.25, -0.2) is 0 Å². The number of aromatic nitrogens is 2. The molecule has 0 aliphatic rings. The highest BCUT2D eigenvalue weighted by Gasteiger charge is 2.15. The van der Waals surface area contributed by atoms with Crippen LogP contribution in [-0.4, -0.2) is 16.1 Å². The molecule has 0 fully saturated rings. The van der Waals surface area contributed by atoms with Gasteiger partial charge in [-0.05, 0) is 39.5 Å². The molecule has 0 unspecified atom stereocenters. The maximum Gasteiger partial charge on any atom is 0.272 e. The van der Waals surface area contributed by atoms with Crippen LogP contribution in [0.25, 0.3) is 10.8 Å². The minimum Gasteiger partial charge on any atom is -0.320 e. The highest BCUT2D eigenvalue weighted by atomic mass is 79.9. The Morgan fingerprint density at radius 1 is 1.14 bits per heavy atom. The standard InChI is InChI=1S/C13H8BrN3O3S/c14-7-4-5-21-10(7)13(20)15-8-3-1-2-6-9(8)12(19)17-16-11(6)18/h1-5H,(H,15,20)(H,16,18)(H,17,19). The van der Waals surface area contributed by atoms with Gasteiger partial charge in [0, 0.05) is 4.47 Å². The molecule has 1 aromatic carbocycles. The van der Waals surface area contributed by atoms with Crippen LogP contribution in [0.5, 0.6) is 0 Å². The van der Waals surface area contributed by atoms with E-state index in [0.717, 1.165) is 0 Å². The summed E-state index contributed by atoms with van der Waals surface area (Å²) in [7, 11) is 0. The molecule has 3 rings (SSSR count). The first-order valence-electron chi connectivity index (χ1n) is 5.86. The summed E-state index contributed by atoms with van der Waals surface area (Å²) in [6, 6.07) is 6.48. The van der Waals surface area contributed by atoms with Crippen molar-refractivity contribution in [1.82, 2.24) is 10.2 Å². The van der Waals surface area contributed by atoms with Crippen molar-refractivity contribution in [3.8, 4) is 0 Å². The molecule has 8 heteroatoms. The fourth-order valence-corrected chi connectivity index (χ4v) is 3.41. The van der Waals surface area contributed by atoms with Gasteiger partial charge in [-0.2, -0.15) is 0 Å². The number of halogens is 1. The summed E-state index contributed by atoms with van der Waals surface area (Å²) in [6.07, 6.45) is 0. The van der Waals surface area contributed by atoms with Gasteiger partial charge in [-0.1, -0.05) is 6.07 Å². The number of nitrogens with one attached hydrogen (secondary N) is 3. The van der Waals surface area contributed by atoms with E-state index in [4.69, 9.17) is 0 Å². The highest BCUT2D eigenvalue weighted by molar-refractivity contribution is 9.10. The number of thiophene rings is 1. The number of hydrogen-bond acceptors (Lipinski definition) is 4. The number of anilines is 1. The monoisotopic (exact) mass is 365 g/mol. The molecule has 1 amide bonds. The van der Waals surface area contributed by atoms with E-state index in [-0.39, 0.29) is 16.7 Å². The van der Waals surface area contributed by atoms with Gasteiger partial charge in [0.25, 0.3) is 17.0 Å². The average Bonchev–Trinajstić information content (AvgIpc) is 2.89. The van der Waals surface area contributed by atoms with Gasteiger partial charge in [0.1, 0.15) is 4.88 Å². The van der Waals surface area contributed by atoms with Crippen LogP contribution >= 0.6 is 27.3 Å². The van der Waals surface area contributed by atoms with Crippen molar-refractivity contribution >= 4 is 49.6 Å². The quantitative estimate of drug-likeness (QED) is 0.650. The Morgan fingerprint density at radius 2 is 1.90 bits per heavy atom. The molecule has 0 saturated heterocycles. The van der Waals surface area contributed by atoms with Gasteiger partial charge < -0.3 is 5.32 Å². The molecule has 0 atom stereocenters. The Morgan fingerprint density at radius 3 is 2.62 bits per heavy atom. The molecule has 106 valence electrons. The van der Waals surface area contributed by atoms with Crippen LogP contribution in [0.3, 0.4) is 0 Å². The van der Waals surface area contributed by atoms with E-state index in [1.54, 1.807) is 23.6 Å². The molecule has 0 radical (unpaired) electrons. The van der Waals surface area contributed by atoms with Gasteiger partial charge in [-0.3, -0.25) is 24.6 Å². The molecule has 0 spiro atoms. The summed E-state index contributed by atoms with van der Waals surface area (Å²) in [6.45, 7) is 0. The lowest BCUT2D eigenvalue weighted by molar-refractivity contribution is 0.103. The Labute approximate surface area is 129 Å². The fraction of sp³-hybridized carbons (Fsp3) is 0. The summed E-state index contributed by atoms with van der Waals surface area (Å²) < 4.78 is 0.678. The predicted octanol–water partition coefficient (Wildman–Crippen LogP) is 2.29. The van der Waals surface area contributed by atoms with Crippen LogP contribution < -0.4 is 16.4 Å². The summed E-state index contributed by atoms with van der Waals surface area (Å²) in [5.74, 6) is -0.343.